The van der Waals surface area contributed by atoms with Crippen LogP contribution >= 0.6 is 0 Å². The van der Waals surface area contributed by atoms with Gasteiger partial charge in [0.25, 0.3) is 0 Å². The molecule has 1 fully saturated rings. The van der Waals surface area contributed by atoms with Crippen molar-refractivity contribution in [2.24, 2.45) is 0 Å². The van der Waals surface area contributed by atoms with Crippen molar-refractivity contribution in [2.75, 3.05) is 26.2 Å². The number of aromatic carboxylic acids is 1. The van der Waals surface area contributed by atoms with Crippen LogP contribution in [0.4, 0.5) is 0 Å². The highest BCUT2D eigenvalue weighted by Gasteiger charge is 2.19. The average molecular weight is 366 g/mol. The van der Waals surface area contributed by atoms with E-state index < -0.39 is 5.97 Å². The zero-order chi connectivity index (χ0) is 19.1. The van der Waals surface area contributed by atoms with Gasteiger partial charge in [-0.1, -0.05) is 42.5 Å². The maximum absolute atomic E-state index is 12.5. The number of hydrogen-bond donors (Lipinski definition) is 1. The molecule has 27 heavy (non-hydrogen) atoms. The van der Waals surface area contributed by atoms with Gasteiger partial charge in [0.05, 0.1) is 5.56 Å². The SMILES string of the molecule is O=C(O)c1ccc(CN2CCCN(C(=O)CCc3ccccc3)CC2)cc1. The number of benzene rings is 2. The minimum Gasteiger partial charge on any atom is -0.478 e. The lowest BCUT2D eigenvalue weighted by atomic mass is 10.1. The summed E-state index contributed by atoms with van der Waals surface area (Å²) in [4.78, 5) is 27.8. The third kappa shape index (κ3) is 5.66. The summed E-state index contributed by atoms with van der Waals surface area (Å²) in [6.45, 7) is 4.13. The highest BCUT2D eigenvalue weighted by atomic mass is 16.4. The zero-order valence-electron chi connectivity index (χ0n) is 15.5. The van der Waals surface area contributed by atoms with Gasteiger partial charge in [-0.2, -0.15) is 0 Å². The Morgan fingerprint density at radius 3 is 2.30 bits per heavy atom. The molecule has 0 atom stereocenters. The van der Waals surface area contributed by atoms with Crippen LogP contribution in [0.25, 0.3) is 0 Å². The first-order valence-corrected chi connectivity index (χ1v) is 9.48. The van der Waals surface area contributed by atoms with Gasteiger partial charge in [-0.05, 0) is 36.1 Å². The second-order valence-electron chi connectivity index (χ2n) is 7.00. The fourth-order valence-electron chi connectivity index (χ4n) is 3.44. The lowest BCUT2D eigenvalue weighted by molar-refractivity contribution is -0.131. The Hall–Kier alpha value is -2.66. The molecule has 2 aromatic rings. The zero-order valence-corrected chi connectivity index (χ0v) is 15.5. The fraction of sp³-hybridized carbons (Fsp3) is 0.364. The summed E-state index contributed by atoms with van der Waals surface area (Å²) >= 11 is 0. The molecule has 0 unspecified atom stereocenters. The summed E-state index contributed by atoms with van der Waals surface area (Å²) in [5, 5.41) is 8.98. The van der Waals surface area contributed by atoms with E-state index in [1.165, 1.54) is 5.56 Å². The standard InChI is InChI=1S/C22H26N2O3/c25-21(12-9-18-5-2-1-3-6-18)24-14-4-13-23(15-16-24)17-19-7-10-20(11-8-19)22(26)27/h1-3,5-8,10-11H,4,9,12-17H2,(H,26,27). The fourth-order valence-corrected chi connectivity index (χ4v) is 3.44. The summed E-state index contributed by atoms with van der Waals surface area (Å²) in [6, 6.07) is 17.2. The molecule has 1 heterocycles. The van der Waals surface area contributed by atoms with Crippen molar-refractivity contribution in [3.05, 3.63) is 71.3 Å². The molecule has 5 heteroatoms. The van der Waals surface area contributed by atoms with Crippen molar-refractivity contribution in [3.8, 4) is 0 Å². The summed E-state index contributed by atoms with van der Waals surface area (Å²) < 4.78 is 0. The van der Waals surface area contributed by atoms with Crippen LogP contribution in [0.3, 0.4) is 0 Å². The first-order valence-electron chi connectivity index (χ1n) is 9.48. The van der Waals surface area contributed by atoms with Crippen LogP contribution in [0.1, 0.15) is 34.3 Å². The topological polar surface area (TPSA) is 60.9 Å². The Morgan fingerprint density at radius 1 is 0.852 bits per heavy atom. The van der Waals surface area contributed by atoms with E-state index in [2.05, 4.69) is 17.0 Å². The molecular weight excluding hydrogens is 340 g/mol. The van der Waals surface area contributed by atoms with Gasteiger partial charge in [-0.15, -0.1) is 0 Å². The predicted octanol–water partition coefficient (Wildman–Crippen LogP) is 3.05. The molecule has 1 N–H and O–H groups in total. The molecule has 0 spiro atoms. The van der Waals surface area contributed by atoms with Gasteiger partial charge in [0.1, 0.15) is 0 Å². The number of nitrogens with zero attached hydrogens (tertiary/aromatic N) is 2. The van der Waals surface area contributed by atoms with Crippen molar-refractivity contribution in [3.63, 3.8) is 0 Å². The van der Waals surface area contributed by atoms with E-state index in [4.69, 9.17) is 5.11 Å². The Bertz CT molecular complexity index is 759. The molecule has 0 bridgehead atoms. The van der Waals surface area contributed by atoms with Crippen LogP contribution in [0.5, 0.6) is 0 Å². The highest BCUT2D eigenvalue weighted by Crippen LogP contribution is 2.12. The van der Waals surface area contributed by atoms with Crippen LogP contribution in [0.2, 0.25) is 0 Å². The molecule has 1 aliphatic rings. The van der Waals surface area contributed by atoms with Gasteiger partial charge in [0.2, 0.25) is 5.91 Å². The van der Waals surface area contributed by atoms with E-state index in [9.17, 15) is 9.59 Å². The molecule has 0 aliphatic carbocycles. The maximum Gasteiger partial charge on any atom is 0.335 e. The van der Waals surface area contributed by atoms with Gasteiger partial charge in [-0.3, -0.25) is 9.69 Å². The second-order valence-corrected chi connectivity index (χ2v) is 7.00. The highest BCUT2D eigenvalue weighted by molar-refractivity contribution is 5.87. The summed E-state index contributed by atoms with van der Waals surface area (Å²) in [7, 11) is 0. The Morgan fingerprint density at radius 2 is 1.59 bits per heavy atom. The third-order valence-electron chi connectivity index (χ3n) is 5.02. The number of carboxylic acids is 1. The number of rotatable bonds is 6. The van der Waals surface area contributed by atoms with E-state index in [1.807, 2.05) is 35.2 Å². The van der Waals surface area contributed by atoms with Crippen LogP contribution in [-0.2, 0) is 17.8 Å². The number of aryl methyl sites for hydroxylation is 1. The van der Waals surface area contributed by atoms with Crippen molar-refractivity contribution in [1.82, 2.24) is 9.80 Å². The largest absolute Gasteiger partial charge is 0.478 e. The smallest absolute Gasteiger partial charge is 0.335 e. The number of carboxylic acid groups (broad SMARTS) is 1. The minimum atomic E-state index is -0.902. The first-order chi connectivity index (χ1) is 13.1. The van der Waals surface area contributed by atoms with Crippen LogP contribution < -0.4 is 0 Å². The molecule has 142 valence electrons. The molecule has 1 saturated heterocycles. The molecule has 5 nitrogen and oxygen atoms in total. The van der Waals surface area contributed by atoms with Crippen molar-refractivity contribution in [2.45, 2.75) is 25.8 Å². The maximum atomic E-state index is 12.5. The van der Waals surface area contributed by atoms with Gasteiger partial charge in [0, 0.05) is 39.1 Å². The van der Waals surface area contributed by atoms with Gasteiger partial charge in [0.15, 0.2) is 0 Å². The minimum absolute atomic E-state index is 0.228. The number of amides is 1. The van der Waals surface area contributed by atoms with E-state index >= 15 is 0 Å². The molecular formula is C22H26N2O3. The van der Waals surface area contributed by atoms with E-state index in [1.54, 1.807) is 12.1 Å². The summed E-state index contributed by atoms with van der Waals surface area (Å²) in [5.74, 6) is -0.674. The van der Waals surface area contributed by atoms with E-state index in [-0.39, 0.29) is 5.91 Å². The normalized spacial score (nSPS) is 15.3. The van der Waals surface area contributed by atoms with Crippen molar-refractivity contribution < 1.29 is 14.7 Å². The van der Waals surface area contributed by atoms with Gasteiger partial charge >= 0.3 is 5.97 Å². The molecule has 0 aromatic heterocycles. The summed E-state index contributed by atoms with van der Waals surface area (Å²) in [5.41, 5.74) is 2.61. The Kier molecular flexibility index (Phi) is 6.60. The number of carbonyl (C=O) groups is 2. The van der Waals surface area contributed by atoms with Gasteiger partial charge in [-0.25, -0.2) is 4.79 Å². The summed E-state index contributed by atoms with van der Waals surface area (Å²) in [6.07, 6.45) is 2.31. The molecule has 1 aliphatic heterocycles. The van der Waals surface area contributed by atoms with Crippen LogP contribution in [0, 0.1) is 0 Å². The van der Waals surface area contributed by atoms with Crippen LogP contribution in [-0.4, -0.2) is 53.0 Å². The second kappa shape index (κ2) is 9.33. The van der Waals surface area contributed by atoms with E-state index in [0.29, 0.717) is 12.0 Å². The van der Waals surface area contributed by atoms with Crippen molar-refractivity contribution in [1.29, 1.82) is 0 Å². The monoisotopic (exact) mass is 366 g/mol. The molecule has 0 saturated carbocycles. The third-order valence-corrected chi connectivity index (χ3v) is 5.02. The quantitative estimate of drug-likeness (QED) is 0.854. The van der Waals surface area contributed by atoms with Crippen LogP contribution in [0.15, 0.2) is 54.6 Å². The Labute approximate surface area is 160 Å². The van der Waals surface area contributed by atoms with Gasteiger partial charge < -0.3 is 10.0 Å². The average Bonchev–Trinajstić information content (AvgIpc) is 2.93. The number of hydrogen-bond acceptors (Lipinski definition) is 3. The lowest BCUT2D eigenvalue weighted by Gasteiger charge is -2.22. The Balaban J connectivity index is 1.48. The van der Waals surface area contributed by atoms with E-state index in [0.717, 1.165) is 51.1 Å². The number of carbonyl (C=O) groups excluding carboxylic acids is 1. The van der Waals surface area contributed by atoms with Crippen molar-refractivity contribution >= 4 is 11.9 Å². The molecule has 0 radical (unpaired) electrons. The lowest BCUT2D eigenvalue weighted by Crippen LogP contribution is -2.35. The molecule has 2 aromatic carbocycles. The first kappa shape index (κ1) is 19.1. The molecule has 3 rings (SSSR count). The molecule has 1 amide bonds. The predicted molar refractivity (Wildman–Crippen MR) is 105 cm³/mol.